The highest BCUT2D eigenvalue weighted by Crippen LogP contribution is 2.39. The number of nitrogens with zero attached hydrogens (tertiary/aromatic N) is 1. The average Bonchev–Trinajstić information content (AvgIpc) is 2.61. The monoisotopic (exact) mass is 315 g/mol. The fourth-order valence-electron chi connectivity index (χ4n) is 3.31. The normalized spacial score (nSPS) is 28.3. The van der Waals surface area contributed by atoms with E-state index in [1.165, 1.54) is 12.0 Å². The van der Waals surface area contributed by atoms with Crippen LogP contribution in [0.2, 0.25) is 0 Å². The zero-order chi connectivity index (χ0) is 16.4. The lowest BCUT2D eigenvalue weighted by molar-refractivity contribution is -0.154. The van der Waals surface area contributed by atoms with Gasteiger partial charge in [-0.1, -0.05) is 30.4 Å². The number of benzene rings is 1. The summed E-state index contributed by atoms with van der Waals surface area (Å²) in [5, 5.41) is 0. The maximum atomic E-state index is 12.4. The van der Waals surface area contributed by atoms with Crippen LogP contribution < -0.4 is 4.74 Å². The first-order valence-corrected chi connectivity index (χ1v) is 7.40. The van der Waals surface area contributed by atoms with Crippen LogP contribution in [-0.2, 0) is 14.3 Å². The molecule has 3 aliphatic rings. The van der Waals surface area contributed by atoms with E-state index >= 15 is 0 Å². The molecule has 120 valence electrons. The van der Waals surface area contributed by atoms with Crippen molar-refractivity contribution in [3.05, 3.63) is 42.5 Å². The fraction of sp³-hybridized carbons (Fsp3) is 0.353. The maximum Gasteiger partial charge on any atom is 0.415 e. The van der Waals surface area contributed by atoms with Crippen molar-refractivity contribution >= 4 is 18.3 Å². The van der Waals surface area contributed by atoms with E-state index in [0.29, 0.717) is 12.3 Å². The van der Waals surface area contributed by atoms with E-state index in [9.17, 15) is 14.4 Å². The van der Waals surface area contributed by atoms with Gasteiger partial charge in [0.1, 0.15) is 12.0 Å². The van der Waals surface area contributed by atoms with Crippen LogP contribution in [0.5, 0.6) is 5.75 Å². The number of ether oxygens (including phenoxy) is 2. The summed E-state index contributed by atoms with van der Waals surface area (Å²) in [5.74, 6) is -1.39. The second kappa shape index (κ2) is 6.24. The zero-order valence-electron chi connectivity index (χ0n) is 12.6. The SMILES string of the molecule is COC(=O)[C@H]1[C@H](C=O)[C@@H]2C=C[C@H]1CN2C(=O)Oc1ccccc1. The minimum atomic E-state index is -0.616. The number of rotatable bonds is 3. The molecule has 6 heteroatoms. The third-order valence-electron chi connectivity index (χ3n) is 4.41. The molecule has 1 aliphatic carbocycles. The van der Waals surface area contributed by atoms with E-state index < -0.39 is 29.9 Å². The molecule has 0 spiro atoms. The van der Waals surface area contributed by atoms with Gasteiger partial charge in [-0.3, -0.25) is 4.79 Å². The molecular weight excluding hydrogens is 298 g/mol. The minimum absolute atomic E-state index is 0.244. The molecule has 0 unspecified atom stereocenters. The van der Waals surface area contributed by atoms with Gasteiger partial charge in [-0.05, 0) is 12.1 Å². The van der Waals surface area contributed by atoms with Gasteiger partial charge in [0.15, 0.2) is 0 Å². The fourth-order valence-corrected chi connectivity index (χ4v) is 3.31. The summed E-state index contributed by atoms with van der Waals surface area (Å²) in [4.78, 5) is 37.3. The molecule has 1 amide bonds. The van der Waals surface area contributed by atoms with Gasteiger partial charge in [-0.25, -0.2) is 4.79 Å². The van der Waals surface area contributed by atoms with Gasteiger partial charge in [0.05, 0.1) is 25.0 Å². The smallest absolute Gasteiger partial charge is 0.415 e. The Morgan fingerprint density at radius 2 is 1.96 bits per heavy atom. The number of amides is 1. The van der Waals surface area contributed by atoms with Crippen molar-refractivity contribution in [2.24, 2.45) is 17.8 Å². The molecule has 1 saturated heterocycles. The summed E-state index contributed by atoms with van der Waals surface area (Å²) in [5.41, 5.74) is 0. The van der Waals surface area contributed by atoms with E-state index in [2.05, 4.69) is 0 Å². The Hall–Kier alpha value is -2.63. The van der Waals surface area contributed by atoms with Crippen molar-refractivity contribution < 1.29 is 23.9 Å². The second-order valence-corrected chi connectivity index (χ2v) is 5.64. The van der Waals surface area contributed by atoms with Gasteiger partial charge < -0.3 is 19.2 Å². The Morgan fingerprint density at radius 1 is 1.22 bits per heavy atom. The van der Waals surface area contributed by atoms with Gasteiger partial charge in [-0.15, -0.1) is 0 Å². The van der Waals surface area contributed by atoms with Gasteiger partial charge in [-0.2, -0.15) is 0 Å². The predicted octanol–water partition coefficient (Wildman–Crippen LogP) is 1.66. The largest absolute Gasteiger partial charge is 0.469 e. The summed E-state index contributed by atoms with van der Waals surface area (Å²) < 4.78 is 10.1. The van der Waals surface area contributed by atoms with E-state index in [-0.39, 0.29) is 5.92 Å². The van der Waals surface area contributed by atoms with E-state index in [1.54, 1.807) is 30.3 Å². The summed E-state index contributed by atoms with van der Waals surface area (Å²) in [6.45, 7) is 0.330. The summed E-state index contributed by atoms with van der Waals surface area (Å²) in [7, 11) is 1.30. The number of hydrogen-bond donors (Lipinski definition) is 0. The summed E-state index contributed by atoms with van der Waals surface area (Å²) in [6.07, 6.45) is 3.87. The summed E-state index contributed by atoms with van der Waals surface area (Å²) in [6, 6.07) is 8.25. The van der Waals surface area contributed by atoms with Crippen LogP contribution in [0, 0.1) is 17.8 Å². The Balaban J connectivity index is 1.79. The van der Waals surface area contributed by atoms with Crippen LogP contribution in [0.15, 0.2) is 42.5 Å². The lowest BCUT2D eigenvalue weighted by Gasteiger charge is -2.47. The van der Waals surface area contributed by atoms with E-state index in [1.807, 2.05) is 12.1 Å². The molecule has 0 radical (unpaired) electrons. The van der Waals surface area contributed by atoms with Gasteiger partial charge in [0.25, 0.3) is 0 Å². The first-order valence-electron chi connectivity index (χ1n) is 7.40. The van der Waals surface area contributed by atoms with Crippen LogP contribution >= 0.6 is 0 Å². The van der Waals surface area contributed by atoms with Gasteiger partial charge in [0, 0.05) is 12.5 Å². The molecule has 2 bridgehead atoms. The first kappa shape index (κ1) is 15.3. The Bertz CT molecular complexity index is 642. The Morgan fingerprint density at radius 3 is 2.61 bits per heavy atom. The van der Waals surface area contributed by atoms with Crippen LogP contribution in [0.25, 0.3) is 0 Å². The second-order valence-electron chi connectivity index (χ2n) is 5.64. The number of hydrogen-bond acceptors (Lipinski definition) is 5. The van der Waals surface area contributed by atoms with Gasteiger partial charge in [0.2, 0.25) is 0 Å². The van der Waals surface area contributed by atoms with Crippen LogP contribution in [0.1, 0.15) is 0 Å². The Kier molecular flexibility index (Phi) is 4.14. The predicted molar refractivity (Wildman–Crippen MR) is 80.7 cm³/mol. The highest BCUT2D eigenvalue weighted by molar-refractivity contribution is 5.81. The number of carbonyl (C=O) groups is 3. The number of fused-ring (bicyclic) bond motifs is 2. The molecule has 0 aromatic heterocycles. The molecule has 2 heterocycles. The van der Waals surface area contributed by atoms with E-state index in [0.717, 1.165) is 6.29 Å². The minimum Gasteiger partial charge on any atom is -0.469 e. The average molecular weight is 315 g/mol. The number of piperidine rings is 1. The summed E-state index contributed by atoms with van der Waals surface area (Å²) >= 11 is 0. The molecule has 1 aromatic carbocycles. The van der Waals surface area contributed by atoms with Crippen molar-refractivity contribution in [3.8, 4) is 5.75 Å². The number of para-hydroxylation sites is 1. The topological polar surface area (TPSA) is 72.9 Å². The molecule has 4 atom stereocenters. The maximum absolute atomic E-state index is 12.4. The highest BCUT2D eigenvalue weighted by atomic mass is 16.6. The number of methoxy groups -OCH3 is 1. The molecule has 6 nitrogen and oxygen atoms in total. The van der Waals surface area contributed by atoms with Crippen molar-refractivity contribution in [1.29, 1.82) is 0 Å². The highest BCUT2D eigenvalue weighted by Gasteiger charge is 2.50. The number of esters is 1. The zero-order valence-corrected chi connectivity index (χ0v) is 12.6. The molecule has 4 rings (SSSR count). The van der Waals surface area contributed by atoms with Crippen LogP contribution in [-0.4, -0.2) is 42.9 Å². The number of carbonyl (C=O) groups excluding carboxylic acids is 3. The molecule has 1 aromatic rings. The molecule has 23 heavy (non-hydrogen) atoms. The van der Waals surface area contributed by atoms with Crippen LogP contribution in [0.4, 0.5) is 4.79 Å². The van der Waals surface area contributed by atoms with E-state index in [4.69, 9.17) is 9.47 Å². The number of aldehydes is 1. The third kappa shape index (κ3) is 2.72. The Labute approximate surface area is 133 Å². The van der Waals surface area contributed by atoms with Crippen molar-refractivity contribution in [2.75, 3.05) is 13.7 Å². The van der Waals surface area contributed by atoms with Crippen molar-refractivity contribution in [1.82, 2.24) is 4.90 Å². The van der Waals surface area contributed by atoms with Crippen molar-refractivity contribution in [3.63, 3.8) is 0 Å². The quantitative estimate of drug-likeness (QED) is 0.482. The molecule has 2 aliphatic heterocycles. The molecular formula is C17H17NO5. The molecule has 0 N–H and O–H groups in total. The molecule has 0 saturated carbocycles. The first-order chi connectivity index (χ1) is 11.2. The standard InChI is InChI=1S/C17H17NO5/c1-22-16(20)15-11-7-8-14(13(15)10-19)18(9-11)17(21)23-12-5-3-2-4-6-12/h2-8,10-11,13-15H,9H2,1H3/t11-,13+,14-,15+/m0/s1. The third-order valence-corrected chi connectivity index (χ3v) is 4.41. The van der Waals surface area contributed by atoms with Crippen molar-refractivity contribution in [2.45, 2.75) is 6.04 Å². The lowest BCUT2D eigenvalue weighted by atomic mass is 9.69. The molecule has 1 fully saturated rings. The lowest BCUT2D eigenvalue weighted by Crippen LogP contribution is -2.59. The van der Waals surface area contributed by atoms with Crippen LogP contribution in [0.3, 0.4) is 0 Å². The van der Waals surface area contributed by atoms with Gasteiger partial charge >= 0.3 is 12.1 Å².